The van der Waals surface area contributed by atoms with Crippen molar-refractivity contribution < 1.29 is 17.6 Å². The minimum atomic E-state index is -4.51. The van der Waals surface area contributed by atoms with Crippen molar-refractivity contribution in [1.29, 1.82) is 0 Å². The quantitative estimate of drug-likeness (QED) is 0.696. The van der Waals surface area contributed by atoms with Crippen LogP contribution in [0.5, 0.6) is 0 Å². The normalized spacial score (nSPS) is 24.5. The summed E-state index contributed by atoms with van der Waals surface area (Å²) in [6.45, 7) is 4.71. The molecule has 1 heterocycles. The monoisotopic (exact) mass is 250 g/mol. The highest BCUT2D eigenvalue weighted by Gasteiger charge is 2.47. The smallest absolute Gasteiger partial charge is 0.263 e. The Morgan fingerprint density at radius 1 is 1.35 bits per heavy atom. The third-order valence-corrected chi connectivity index (χ3v) is 3.10. The summed E-state index contributed by atoms with van der Waals surface area (Å²) in [5, 5.41) is 3.55. The van der Waals surface area contributed by atoms with E-state index in [1.807, 2.05) is 0 Å². The van der Waals surface area contributed by atoms with E-state index in [1.54, 1.807) is 13.8 Å². The van der Waals surface area contributed by atoms with Crippen molar-refractivity contribution in [3.05, 3.63) is 17.0 Å². The molecule has 1 atom stereocenters. The zero-order valence-electron chi connectivity index (χ0n) is 9.90. The SMILES string of the molecule is CC(C)n1nc(C(F)(F)F)c2c1C(C)(F)CC2. The van der Waals surface area contributed by atoms with Gasteiger partial charge in [0, 0.05) is 11.6 Å². The Hall–Kier alpha value is -1.07. The Balaban J connectivity index is 2.66. The molecule has 6 heteroatoms. The molecule has 2 nitrogen and oxygen atoms in total. The molecule has 96 valence electrons. The molecule has 1 aliphatic rings. The molecule has 1 aromatic heterocycles. The molecular formula is C11H14F4N2. The van der Waals surface area contributed by atoms with E-state index in [9.17, 15) is 17.6 Å². The van der Waals surface area contributed by atoms with Crippen molar-refractivity contribution in [1.82, 2.24) is 9.78 Å². The van der Waals surface area contributed by atoms with E-state index in [0.29, 0.717) is 0 Å². The van der Waals surface area contributed by atoms with E-state index in [1.165, 1.54) is 11.6 Å². The molecule has 17 heavy (non-hydrogen) atoms. The lowest BCUT2D eigenvalue weighted by atomic mass is 10.1. The summed E-state index contributed by atoms with van der Waals surface area (Å²) in [5.74, 6) is 0. The van der Waals surface area contributed by atoms with Gasteiger partial charge in [-0.3, -0.25) is 4.68 Å². The first-order valence-corrected chi connectivity index (χ1v) is 5.52. The van der Waals surface area contributed by atoms with Gasteiger partial charge in [0.1, 0.15) is 5.67 Å². The van der Waals surface area contributed by atoms with Crippen molar-refractivity contribution in [2.75, 3.05) is 0 Å². The van der Waals surface area contributed by atoms with Gasteiger partial charge in [-0.15, -0.1) is 0 Å². The van der Waals surface area contributed by atoms with Crippen molar-refractivity contribution in [2.24, 2.45) is 0 Å². The summed E-state index contributed by atoms with van der Waals surface area (Å²) in [6.07, 6.45) is -4.31. The molecule has 1 aromatic rings. The largest absolute Gasteiger partial charge is 0.435 e. The molecule has 0 saturated carbocycles. The van der Waals surface area contributed by atoms with Crippen LogP contribution in [0.1, 0.15) is 50.2 Å². The van der Waals surface area contributed by atoms with Crippen LogP contribution in [0.3, 0.4) is 0 Å². The molecule has 1 aliphatic carbocycles. The molecule has 2 rings (SSSR count). The molecule has 0 spiro atoms. The van der Waals surface area contributed by atoms with E-state index in [2.05, 4.69) is 5.10 Å². The number of rotatable bonds is 1. The maximum absolute atomic E-state index is 14.2. The number of fused-ring (bicyclic) bond motifs is 1. The molecular weight excluding hydrogens is 236 g/mol. The second kappa shape index (κ2) is 3.46. The maximum Gasteiger partial charge on any atom is 0.435 e. The summed E-state index contributed by atoms with van der Waals surface area (Å²) in [6, 6.07) is -0.284. The van der Waals surface area contributed by atoms with Crippen molar-refractivity contribution in [2.45, 2.75) is 51.5 Å². The summed E-state index contributed by atoms with van der Waals surface area (Å²) in [4.78, 5) is 0. The fourth-order valence-corrected chi connectivity index (χ4v) is 2.34. The number of halogens is 4. The van der Waals surface area contributed by atoms with E-state index in [4.69, 9.17) is 0 Å². The van der Waals surface area contributed by atoms with Crippen LogP contribution >= 0.6 is 0 Å². The van der Waals surface area contributed by atoms with E-state index in [-0.39, 0.29) is 30.1 Å². The van der Waals surface area contributed by atoms with Crippen LogP contribution in [0, 0.1) is 0 Å². The van der Waals surface area contributed by atoms with Crippen LogP contribution in [0.2, 0.25) is 0 Å². The van der Waals surface area contributed by atoms with Gasteiger partial charge in [-0.05, 0) is 33.6 Å². The summed E-state index contributed by atoms with van der Waals surface area (Å²) in [7, 11) is 0. The Morgan fingerprint density at radius 2 is 1.94 bits per heavy atom. The van der Waals surface area contributed by atoms with Gasteiger partial charge in [-0.25, -0.2) is 4.39 Å². The van der Waals surface area contributed by atoms with Gasteiger partial charge in [-0.1, -0.05) is 0 Å². The van der Waals surface area contributed by atoms with Gasteiger partial charge in [-0.2, -0.15) is 18.3 Å². The Morgan fingerprint density at radius 3 is 2.41 bits per heavy atom. The van der Waals surface area contributed by atoms with Gasteiger partial charge in [0.05, 0.1) is 5.69 Å². The molecule has 0 amide bonds. The lowest BCUT2D eigenvalue weighted by Crippen LogP contribution is -2.19. The van der Waals surface area contributed by atoms with Crippen molar-refractivity contribution >= 4 is 0 Å². The van der Waals surface area contributed by atoms with Crippen LogP contribution in [0.15, 0.2) is 0 Å². The molecule has 1 unspecified atom stereocenters. The lowest BCUT2D eigenvalue weighted by Gasteiger charge is -2.18. The van der Waals surface area contributed by atoms with Gasteiger partial charge in [0.25, 0.3) is 0 Å². The standard InChI is InChI=1S/C11H14F4N2/c1-6(2)17-9-7(4-5-10(9,3)12)8(16-17)11(13,14)15/h6H,4-5H2,1-3H3. The Kier molecular flexibility index (Phi) is 2.52. The number of hydrogen-bond donors (Lipinski definition) is 0. The van der Waals surface area contributed by atoms with Gasteiger partial charge in [0.2, 0.25) is 0 Å². The summed E-state index contributed by atoms with van der Waals surface area (Å²) < 4.78 is 53.7. The maximum atomic E-state index is 14.2. The summed E-state index contributed by atoms with van der Waals surface area (Å²) >= 11 is 0. The topological polar surface area (TPSA) is 17.8 Å². The van der Waals surface area contributed by atoms with Crippen molar-refractivity contribution in [3.63, 3.8) is 0 Å². The molecule has 0 aliphatic heterocycles. The number of aromatic nitrogens is 2. The zero-order valence-corrected chi connectivity index (χ0v) is 9.90. The van der Waals surface area contributed by atoms with E-state index < -0.39 is 17.5 Å². The average molecular weight is 250 g/mol. The molecule has 0 bridgehead atoms. The Labute approximate surface area is 96.6 Å². The highest BCUT2D eigenvalue weighted by molar-refractivity contribution is 5.37. The van der Waals surface area contributed by atoms with Crippen LogP contribution < -0.4 is 0 Å². The molecule has 0 fully saturated rings. The number of alkyl halides is 4. The van der Waals surface area contributed by atoms with E-state index in [0.717, 1.165) is 0 Å². The minimum absolute atomic E-state index is 0.0243. The third kappa shape index (κ3) is 1.83. The number of hydrogen-bond acceptors (Lipinski definition) is 1. The van der Waals surface area contributed by atoms with Crippen molar-refractivity contribution in [3.8, 4) is 0 Å². The minimum Gasteiger partial charge on any atom is -0.263 e. The van der Waals surface area contributed by atoms with Gasteiger partial charge in [0.15, 0.2) is 5.69 Å². The van der Waals surface area contributed by atoms with Crippen LogP contribution in [-0.4, -0.2) is 9.78 Å². The molecule has 0 aromatic carbocycles. The lowest BCUT2D eigenvalue weighted by molar-refractivity contribution is -0.142. The van der Waals surface area contributed by atoms with Crippen LogP contribution in [0.4, 0.5) is 17.6 Å². The molecule has 0 saturated heterocycles. The zero-order chi connectivity index (χ0) is 13.0. The Bertz CT molecular complexity index is 443. The summed E-state index contributed by atoms with van der Waals surface area (Å²) in [5.41, 5.74) is -2.52. The second-order valence-corrected chi connectivity index (χ2v) is 4.91. The molecule has 0 radical (unpaired) electrons. The average Bonchev–Trinajstić information content (AvgIpc) is 2.64. The highest BCUT2D eigenvalue weighted by Crippen LogP contribution is 2.45. The van der Waals surface area contributed by atoms with Crippen LogP contribution in [0.25, 0.3) is 0 Å². The van der Waals surface area contributed by atoms with Gasteiger partial charge < -0.3 is 0 Å². The first-order chi connectivity index (χ1) is 7.64. The van der Waals surface area contributed by atoms with Crippen LogP contribution in [-0.2, 0) is 18.3 Å². The molecule has 0 N–H and O–H groups in total. The highest BCUT2D eigenvalue weighted by atomic mass is 19.4. The number of nitrogens with zero attached hydrogens (tertiary/aromatic N) is 2. The fraction of sp³-hybridized carbons (Fsp3) is 0.727. The van der Waals surface area contributed by atoms with Gasteiger partial charge >= 0.3 is 6.18 Å². The third-order valence-electron chi connectivity index (χ3n) is 3.10. The fourth-order valence-electron chi connectivity index (χ4n) is 2.34. The first kappa shape index (κ1) is 12.4. The first-order valence-electron chi connectivity index (χ1n) is 5.52. The second-order valence-electron chi connectivity index (χ2n) is 4.91. The van der Waals surface area contributed by atoms with E-state index >= 15 is 0 Å². The predicted molar refractivity (Wildman–Crippen MR) is 54.4 cm³/mol. The predicted octanol–water partition coefficient (Wildman–Crippen LogP) is 3.61.